The van der Waals surface area contributed by atoms with E-state index >= 15 is 0 Å². The van der Waals surface area contributed by atoms with E-state index in [4.69, 9.17) is 9.88 Å². The Morgan fingerprint density at radius 2 is 1.35 bits per heavy atom. The molecule has 0 aromatic heterocycles. The molecule has 0 radical (unpaired) electrons. The highest BCUT2D eigenvalue weighted by Crippen LogP contribution is 2.28. The van der Waals surface area contributed by atoms with Crippen LogP contribution in [-0.4, -0.2) is 26.9 Å². The smallest absolute Gasteiger partial charge is 0.307 e. The first-order valence-electron chi connectivity index (χ1n) is 9.51. The third-order valence-electron chi connectivity index (χ3n) is 4.61. The Morgan fingerprint density at radius 1 is 0.839 bits per heavy atom. The lowest BCUT2D eigenvalue weighted by Crippen LogP contribution is -2.22. The molecule has 0 bridgehead atoms. The minimum Gasteiger partial charge on any atom is -0.456 e. The van der Waals surface area contributed by atoms with E-state index in [-0.39, 0.29) is 17.2 Å². The average Bonchev–Trinajstić information content (AvgIpc) is 2.77. The summed E-state index contributed by atoms with van der Waals surface area (Å²) < 4.78 is 27.7. The lowest BCUT2D eigenvalue weighted by molar-refractivity contribution is -0.147. The number of nitrogens with two attached hydrogens (primary N) is 1. The normalized spacial score (nSPS) is 11.2. The number of nitrogens with one attached hydrogen (secondary N) is 1. The van der Waals surface area contributed by atoms with E-state index < -0.39 is 28.5 Å². The molecule has 1 amide bonds. The molecule has 0 fully saturated rings. The third-order valence-corrected chi connectivity index (χ3v) is 5.53. The number of carbonyl (C=O) groups is 2. The molecule has 0 heterocycles. The zero-order valence-corrected chi connectivity index (χ0v) is 17.4. The predicted molar refractivity (Wildman–Crippen MR) is 117 cm³/mol. The van der Waals surface area contributed by atoms with E-state index in [1.54, 1.807) is 0 Å². The molecular weight excluding hydrogens is 416 g/mol. The summed E-state index contributed by atoms with van der Waals surface area (Å²) in [7, 11) is -3.81. The molecule has 0 saturated heterocycles. The molecule has 3 aromatic carbocycles. The van der Waals surface area contributed by atoms with Gasteiger partial charge in [-0.25, -0.2) is 13.6 Å². The van der Waals surface area contributed by atoms with Crippen LogP contribution in [0.1, 0.15) is 23.5 Å². The zero-order valence-electron chi connectivity index (χ0n) is 16.6. The van der Waals surface area contributed by atoms with Crippen molar-refractivity contribution in [3.05, 3.63) is 96.1 Å². The number of benzene rings is 3. The number of amides is 1. The second-order valence-corrected chi connectivity index (χ2v) is 8.42. The fourth-order valence-corrected chi connectivity index (χ4v) is 3.61. The fraction of sp³-hybridized carbons (Fsp3) is 0.130. The van der Waals surface area contributed by atoms with Crippen LogP contribution in [0.4, 0.5) is 5.69 Å². The van der Waals surface area contributed by atoms with Gasteiger partial charge in [0.15, 0.2) is 6.61 Å². The van der Waals surface area contributed by atoms with Crippen LogP contribution in [-0.2, 0) is 24.3 Å². The summed E-state index contributed by atoms with van der Waals surface area (Å²) in [6.07, 6.45) is 0.0877. The molecule has 7 nitrogen and oxygen atoms in total. The van der Waals surface area contributed by atoms with Crippen molar-refractivity contribution in [2.45, 2.75) is 17.2 Å². The lowest BCUT2D eigenvalue weighted by atomic mass is 9.89. The molecule has 0 unspecified atom stereocenters. The molecule has 3 aromatic rings. The Labute approximate surface area is 180 Å². The van der Waals surface area contributed by atoms with Crippen molar-refractivity contribution < 1.29 is 22.7 Å². The van der Waals surface area contributed by atoms with E-state index in [0.29, 0.717) is 5.69 Å². The highest BCUT2D eigenvalue weighted by atomic mass is 32.2. The summed E-state index contributed by atoms with van der Waals surface area (Å²) in [5.41, 5.74) is 2.31. The molecule has 160 valence electrons. The summed E-state index contributed by atoms with van der Waals surface area (Å²) in [6, 6.07) is 24.6. The van der Waals surface area contributed by atoms with E-state index in [9.17, 15) is 18.0 Å². The summed E-state index contributed by atoms with van der Waals surface area (Å²) >= 11 is 0. The summed E-state index contributed by atoms with van der Waals surface area (Å²) in [5, 5.41) is 7.58. The molecular formula is C23H22N2O5S. The number of hydrogen-bond acceptors (Lipinski definition) is 5. The molecule has 3 N–H and O–H groups in total. The Balaban J connectivity index is 1.58. The van der Waals surface area contributed by atoms with Crippen LogP contribution in [0.25, 0.3) is 0 Å². The van der Waals surface area contributed by atoms with Crippen molar-refractivity contribution in [3.63, 3.8) is 0 Å². The fourth-order valence-electron chi connectivity index (χ4n) is 3.10. The number of carbonyl (C=O) groups excluding carboxylic acids is 2. The van der Waals surface area contributed by atoms with E-state index in [1.807, 2.05) is 60.7 Å². The van der Waals surface area contributed by atoms with Crippen LogP contribution in [0.2, 0.25) is 0 Å². The van der Waals surface area contributed by atoms with Gasteiger partial charge in [0.05, 0.1) is 11.3 Å². The van der Waals surface area contributed by atoms with Crippen molar-refractivity contribution >= 4 is 27.6 Å². The molecule has 0 spiro atoms. The second kappa shape index (κ2) is 10.0. The van der Waals surface area contributed by atoms with Crippen LogP contribution in [0.15, 0.2) is 89.8 Å². The number of esters is 1. The van der Waals surface area contributed by atoms with Gasteiger partial charge in [0.1, 0.15) is 0 Å². The van der Waals surface area contributed by atoms with Gasteiger partial charge in [-0.2, -0.15) is 0 Å². The number of rotatable bonds is 8. The number of sulfonamides is 1. The second-order valence-electron chi connectivity index (χ2n) is 6.86. The Morgan fingerprint density at radius 3 is 1.84 bits per heavy atom. The largest absolute Gasteiger partial charge is 0.456 e. The summed E-state index contributed by atoms with van der Waals surface area (Å²) in [5.74, 6) is -1.23. The quantitative estimate of drug-likeness (QED) is 0.525. The van der Waals surface area contributed by atoms with Crippen LogP contribution in [0, 0.1) is 0 Å². The Hall–Kier alpha value is -3.49. The Kier molecular flexibility index (Phi) is 7.17. The monoisotopic (exact) mass is 438 g/mol. The molecule has 3 rings (SSSR count). The zero-order chi connectivity index (χ0) is 22.3. The van der Waals surface area contributed by atoms with Gasteiger partial charge in [-0.3, -0.25) is 9.59 Å². The van der Waals surface area contributed by atoms with Crippen LogP contribution in [0.3, 0.4) is 0 Å². The summed E-state index contributed by atoms with van der Waals surface area (Å²) in [4.78, 5) is 24.5. The molecule has 8 heteroatoms. The van der Waals surface area contributed by atoms with Gasteiger partial charge in [-0.1, -0.05) is 60.7 Å². The minimum absolute atomic E-state index is 0.0650. The van der Waals surface area contributed by atoms with E-state index in [1.165, 1.54) is 24.3 Å². The molecule has 0 saturated carbocycles. The van der Waals surface area contributed by atoms with Crippen LogP contribution >= 0.6 is 0 Å². The average molecular weight is 439 g/mol. The number of primary sulfonamides is 1. The van der Waals surface area contributed by atoms with Crippen molar-refractivity contribution in [2.24, 2.45) is 5.14 Å². The van der Waals surface area contributed by atoms with Gasteiger partial charge in [0, 0.05) is 11.6 Å². The SMILES string of the molecule is NS(=O)(=O)c1ccc(NC(=O)COC(=O)CC(c2ccccc2)c2ccccc2)cc1. The van der Waals surface area contributed by atoms with Gasteiger partial charge in [-0.05, 0) is 35.4 Å². The standard InChI is InChI=1S/C23H22N2O5S/c24-31(28,29)20-13-11-19(12-14-20)25-22(26)16-30-23(27)15-21(17-7-3-1-4-8-17)18-9-5-2-6-10-18/h1-14,21H,15-16H2,(H,25,26)(H2,24,28,29). The molecule has 0 aliphatic heterocycles. The first-order chi connectivity index (χ1) is 14.8. The number of hydrogen-bond donors (Lipinski definition) is 2. The third kappa shape index (κ3) is 6.50. The molecule has 0 aliphatic rings. The maximum atomic E-state index is 12.4. The van der Waals surface area contributed by atoms with Crippen molar-refractivity contribution in [3.8, 4) is 0 Å². The molecule has 0 aliphatic carbocycles. The van der Waals surface area contributed by atoms with Gasteiger partial charge in [0.2, 0.25) is 10.0 Å². The maximum Gasteiger partial charge on any atom is 0.307 e. The Bertz CT molecular complexity index is 1090. The van der Waals surface area contributed by atoms with Gasteiger partial charge < -0.3 is 10.1 Å². The maximum absolute atomic E-state index is 12.4. The molecule has 31 heavy (non-hydrogen) atoms. The van der Waals surface area contributed by atoms with Gasteiger partial charge in [0.25, 0.3) is 5.91 Å². The van der Waals surface area contributed by atoms with Crippen LogP contribution in [0.5, 0.6) is 0 Å². The van der Waals surface area contributed by atoms with Crippen molar-refractivity contribution in [1.82, 2.24) is 0 Å². The van der Waals surface area contributed by atoms with Gasteiger partial charge >= 0.3 is 5.97 Å². The van der Waals surface area contributed by atoms with Crippen LogP contribution < -0.4 is 10.5 Å². The molecule has 0 atom stereocenters. The summed E-state index contributed by atoms with van der Waals surface area (Å²) in [6.45, 7) is -0.452. The predicted octanol–water partition coefficient (Wildman–Crippen LogP) is 3.04. The number of ether oxygens (including phenoxy) is 1. The van der Waals surface area contributed by atoms with Gasteiger partial charge in [-0.15, -0.1) is 0 Å². The van der Waals surface area contributed by atoms with E-state index in [2.05, 4.69) is 5.32 Å². The highest BCUT2D eigenvalue weighted by molar-refractivity contribution is 7.89. The van der Waals surface area contributed by atoms with Crippen molar-refractivity contribution in [2.75, 3.05) is 11.9 Å². The highest BCUT2D eigenvalue weighted by Gasteiger charge is 2.19. The minimum atomic E-state index is -3.81. The van der Waals surface area contributed by atoms with E-state index in [0.717, 1.165) is 11.1 Å². The first kappa shape index (κ1) is 22.2. The lowest BCUT2D eigenvalue weighted by Gasteiger charge is -2.17. The van der Waals surface area contributed by atoms with Crippen molar-refractivity contribution in [1.29, 1.82) is 0 Å². The first-order valence-corrected chi connectivity index (χ1v) is 11.1. The number of anilines is 1. The topological polar surface area (TPSA) is 116 Å².